The Kier molecular flexibility index (Phi) is 7.34. The number of hydrogen-bond donors (Lipinski definition) is 2. The first-order valence-electron chi connectivity index (χ1n) is 9.00. The largest absolute Gasteiger partial charge is 0.487 e. The van der Waals surface area contributed by atoms with Gasteiger partial charge in [-0.1, -0.05) is 26.0 Å². The number of aliphatic carboxylic acids is 1. The van der Waals surface area contributed by atoms with Crippen molar-refractivity contribution in [3.8, 4) is 5.75 Å². The maximum atomic E-state index is 12.4. The minimum absolute atomic E-state index is 0.113. The highest BCUT2D eigenvalue weighted by Crippen LogP contribution is 2.14. The SMILES string of the molecule is Cc1ccc(OCc2cccc(C(=O)NCC(CC(C)C)C(=O)O)c2)cn1. The van der Waals surface area contributed by atoms with E-state index in [1.54, 1.807) is 24.4 Å². The molecule has 144 valence electrons. The molecule has 2 aromatic rings. The molecule has 1 aromatic heterocycles. The summed E-state index contributed by atoms with van der Waals surface area (Å²) < 4.78 is 5.68. The van der Waals surface area contributed by atoms with E-state index in [1.165, 1.54) is 0 Å². The van der Waals surface area contributed by atoms with Crippen LogP contribution in [0.2, 0.25) is 0 Å². The Morgan fingerprint density at radius 1 is 1.22 bits per heavy atom. The number of rotatable bonds is 9. The van der Waals surface area contributed by atoms with Gasteiger partial charge >= 0.3 is 5.97 Å². The third kappa shape index (κ3) is 6.73. The summed E-state index contributed by atoms with van der Waals surface area (Å²) in [7, 11) is 0. The zero-order valence-corrected chi connectivity index (χ0v) is 15.9. The zero-order valence-electron chi connectivity index (χ0n) is 15.9. The maximum absolute atomic E-state index is 12.4. The second kappa shape index (κ2) is 9.71. The fraction of sp³-hybridized carbons (Fsp3) is 0.381. The van der Waals surface area contributed by atoms with E-state index in [9.17, 15) is 14.7 Å². The summed E-state index contributed by atoms with van der Waals surface area (Å²) in [5.41, 5.74) is 2.24. The Morgan fingerprint density at radius 3 is 2.63 bits per heavy atom. The number of aromatic nitrogens is 1. The third-order valence-electron chi connectivity index (χ3n) is 4.09. The minimum atomic E-state index is -0.891. The Balaban J connectivity index is 1.93. The molecule has 1 unspecified atom stereocenters. The molecule has 0 aliphatic heterocycles. The fourth-order valence-corrected chi connectivity index (χ4v) is 2.67. The first kappa shape index (κ1) is 20.4. The lowest BCUT2D eigenvalue weighted by Gasteiger charge is -2.15. The number of amides is 1. The van der Waals surface area contributed by atoms with Crippen molar-refractivity contribution in [2.75, 3.05) is 6.54 Å². The van der Waals surface area contributed by atoms with Crippen molar-refractivity contribution in [2.45, 2.75) is 33.8 Å². The van der Waals surface area contributed by atoms with Gasteiger partial charge in [-0.2, -0.15) is 0 Å². The first-order valence-corrected chi connectivity index (χ1v) is 9.00. The number of ether oxygens (including phenoxy) is 1. The number of carbonyl (C=O) groups is 2. The second-order valence-electron chi connectivity index (χ2n) is 7.00. The second-order valence-corrected chi connectivity index (χ2v) is 7.00. The third-order valence-corrected chi connectivity index (χ3v) is 4.09. The molecule has 6 heteroatoms. The van der Waals surface area contributed by atoms with E-state index in [0.717, 1.165) is 11.3 Å². The van der Waals surface area contributed by atoms with Crippen molar-refractivity contribution >= 4 is 11.9 Å². The summed E-state index contributed by atoms with van der Waals surface area (Å²) in [4.78, 5) is 27.8. The van der Waals surface area contributed by atoms with Gasteiger partial charge in [0.1, 0.15) is 12.4 Å². The zero-order chi connectivity index (χ0) is 19.8. The first-order chi connectivity index (χ1) is 12.8. The Morgan fingerprint density at radius 2 is 2.00 bits per heavy atom. The van der Waals surface area contributed by atoms with Crippen molar-refractivity contribution in [3.63, 3.8) is 0 Å². The highest BCUT2D eigenvalue weighted by atomic mass is 16.5. The summed E-state index contributed by atoms with van der Waals surface area (Å²) in [6.45, 7) is 6.26. The van der Waals surface area contributed by atoms with Crippen molar-refractivity contribution in [1.82, 2.24) is 10.3 Å². The van der Waals surface area contributed by atoms with Gasteiger partial charge in [0, 0.05) is 17.8 Å². The summed E-state index contributed by atoms with van der Waals surface area (Å²) >= 11 is 0. The molecule has 1 heterocycles. The predicted octanol–water partition coefficient (Wildman–Crippen LogP) is 3.45. The van der Waals surface area contributed by atoms with Crippen LogP contribution >= 0.6 is 0 Å². The number of hydrogen-bond acceptors (Lipinski definition) is 4. The van der Waals surface area contributed by atoms with E-state index in [1.807, 2.05) is 39.0 Å². The molecule has 0 spiro atoms. The minimum Gasteiger partial charge on any atom is -0.487 e. The van der Waals surface area contributed by atoms with Crippen LogP contribution in [0, 0.1) is 18.8 Å². The Labute approximate surface area is 159 Å². The lowest BCUT2D eigenvalue weighted by Crippen LogP contribution is -2.33. The monoisotopic (exact) mass is 370 g/mol. The maximum Gasteiger partial charge on any atom is 0.308 e. The standard InChI is InChI=1S/C21H26N2O4/c1-14(2)9-18(21(25)26)11-23-20(24)17-6-4-5-16(10-17)13-27-19-8-7-15(3)22-12-19/h4-8,10,12,14,18H,9,11,13H2,1-3H3,(H,23,24)(H,25,26). The highest BCUT2D eigenvalue weighted by Gasteiger charge is 2.20. The van der Waals surface area contributed by atoms with Crippen molar-refractivity contribution in [3.05, 3.63) is 59.4 Å². The quantitative estimate of drug-likeness (QED) is 0.706. The van der Waals surface area contributed by atoms with Crippen LogP contribution < -0.4 is 10.1 Å². The van der Waals surface area contributed by atoms with E-state index in [4.69, 9.17) is 4.74 Å². The van der Waals surface area contributed by atoms with Gasteiger partial charge < -0.3 is 15.2 Å². The number of nitrogens with one attached hydrogen (secondary N) is 1. The van der Waals surface area contributed by atoms with Crippen LogP contribution in [0.3, 0.4) is 0 Å². The van der Waals surface area contributed by atoms with Crippen LogP contribution in [0.1, 0.15) is 41.9 Å². The number of nitrogens with zero attached hydrogens (tertiary/aromatic N) is 1. The van der Waals surface area contributed by atoms with Crippen molar-refractivity contribution in [1.29, 1.82) is 0 Å². The normalized spacial score (nSPS) is 11.9. The van der Waals surface area contributed by atoms with Gasteiger partial charge in [-0.15, -0.1) is 0 Å². The molecule has 0 aliphatic rings. The van der Waals surface area contributed by atoms with E-state index in [0.29, 0.717) is 24.3 Å². The van der Waals surface area contributed by atoms with E-state index in [2.05, 4.69) is 10.3 Å². The molecule has 2 N–H and O–H groups in total. The number of carboxylic acid groups (broad SMARTS) is 1. The van der Waals surface area contributed by atoms with Gasteiger partial charge in [0.05, 0.1) is 12.1 Å². The van der Waals surface area contributed by atoms with Gasteiger partial charge in [-0.05, 0) is 49.1 Å². The van der Waals surface area contributed by atoms with Crippen LogP contribution in [0.15, 0.2) is 42.6 Å². The molecule has 1 aromatic carbocycles. The number of pyridine rings is 1. The van der Waals surface area contributed by atoms with Crippen LogP contribution in [-0.2, 0) is 11.4 Å². The molecule has 27 heavy (non-hydrogen) atoms. The van der Waals surface area contributed by atoms with E-state index in [-0.39, 0.29) is 18.4 Å². The number of aryl methyl sites for hydroxylation is 1. The van der Waals surface area contributed by atoms with Gasteiger partial charge in [0.25, 0.3) is 5.91 Å². The molecule has 0 bridgehead atoms. The summed E-state index contributed by atoms with van der Waals surface area (Å²) in [5, 5.41) is 12.0. The van der Waals surface area contributed by atoms with Crippen LogP contribution in [0.25, 0.3) is 0 Å². The van der Waals surface area contributed by atoms with Crippen molar-refractivity contribution < 1.29 is 19.4 Å². The molecule has 0 saturated heterocycles. The van der Waals surface area contributed by atoms with Crippen molar-refractivity contribution in [2.24, 2.45) is 11.8 Å². The average Bonchev–Trinajstić information content (AvgIpc) is 2.64. The van der Waals surface area contributed by atoms with Gasteiger partial charge in [-0.25, -0.2) is 0 Å². The smallest absolute Gasteiger partial charge is 0.308 e. The summed E-state index contributed by atoms with van der Waals surface area (Å²) in [5.74, 6) is -0.857. The molecular weight excluding hydrogens is 344 g/mol. The molecule has 1 atom stereocenters. The Bertz CT molecular complexity index is 772. The van der Waals surface area contributed by atoms with Crippen LogP contribution in [0.4, 0.5) is 0 Å². The molecule has 1 amide bonds. The van der Waals surface area contributed by atoms with Gasteiger partial charge in [0.2, 0.25) is 0 Å². The fourth-order valence-electron chi connectivity index (χ4n) is 2.67. The topological polar surface area (TPSA) is 88.5 Å². The van der Waals surface area contributed by atoms with Gasteiger partial charge in [-0.3, -0.25) is 14.6 Å². The number of carbonyl (C=O) groups excluding carboxylic acids is 1. The van der Waals surface area contributed by atoms with Crippen LogP contribution in [0.5, 0.6) is 5.75 Å². The predicted molar refractivity (Wildman–Crippen MR) is 103 cm³/mol. The molecule has 0 aliphatic carbocycles. The highest BCUT2D eigenvalue weighted by molar-refractivity contribution is 5.94. The molecular formula is C21H26N2O4. The number of carboxylic acids is 1. The summed E-state index contributed by atoms with van der Waals surface area (Å²) in [6, 6.07) is 10.8. The number of benzene rings is 1. The molecule has 2 rings (SSSR count). The molecule has 0 radical (unpaired) electrons. The molecule has 0 fully saturated rings. The lowest BCUT2D eigenvalue weighted by atomic mass is 9.97. The van der Waals surface area contributed by atoms with E-state index >= 15 is 0 Å². The Hall–Kier alpha value is -2.89. The van der Waals surface area contributed by atoms with Gasteiger partial charge in [0.15, 0.2) is 0 Å². The average molecular weight is 370 g/mol. The lowest BCUT2D eigenvalue weighted by molar-refractivity contribution is -0.142. The van der Waals surface area contributed by atoms with E-state index < -0.39 is 11.9 Å². The molecule has 0 saturated carbocycles. The summed E-state index contributed by atoms with van der Waals surface area (Å²) in [6.07, 6.45) is 2.18. The molecule has 6 nitrogen and oxygen atoms in total. The van der Waals surface area contributed by atoms with Crippen LogP contribution in [-0.4, -0.2) is 28.5 Å².